The molecule has 4 heterocycles. The second kappa shape index (κ2) is 4.29. The van der Waals surface area contributed by atoms with E-state index in [1.54, 1.807) is 35.1 Å². The zero-order valence-corrected chi connectivity index (χ0v) is 11.5. The van der Waals surface area contributed by atoms with Crippen molar-refractivity contribution in [2.75, 3.05) is 0 Å². The number of aromatic nitrogens is 3. The number of hydrogen-bond acceptors (Lipinski definition) is 4. The highest BCUT2D eigenvalue weighted by Crippen LogP contribution is 2.39. The van der Waals surface area contributed by atoms with E-state index < -0.39 is 0 Å². The van der Waals surface area contributed by atoms with E-state index in [4.69, 9.17) is 0 Å². The molecule has 0 radical (unpaired) electrons. The molecular formula is C14H9N3S2. The minimum absolute atomic E-state index is 1.08. The summed E-state index contributed by atoms with van der Waals surface area (Å²) >= 11 is 3.57. The smallest absolute Gasteiger partial charge is 0.0829 e. The van der Waals surface area contributed by atoms with E-state index in [1.807, 2.05) is 18.3 Å². The van der Waals surface area contributed by atoms with Gasteiger partial charge in [0.25, 0.3) is 0 Å². The van der Waals surface area contributed by atoms with Gasteiger partial charge >= 0.3 is 0 Å². The molecule has 92 valence electrons. The predicted octanol–water partition coefficient (Wildman–Crippen LogP) is 4.41. The third-order valence-corrected chi connectivity index (χ3v) is 5.13. The SMILES string of the molecule is c1cc(-c2cn[nH]c2-c2cc3sccc3s2)ccn1. The first-order valence-corrected chi connectivity index (χ1v) is 7.52. The molecule has 0 saturated carbocycles. The minimum Gasteiger partial charge on any atom is -0.276 e. The van der Waals surface area contributed by atoms with Gasteiger partial charge in [0, 0.05) is 27.4 Å². The van der Waals surface area contributed by atoms with Gasteiger partial charge in [-0.05, 0) is 35.2 Å². The molecule has 5 heteroatoms. The highest BCUT2D eigenvalue weighted by molar-refractivity contribution is 7.28. The van der Waals surface area contributed by atoms with Gasteiger partial charge in [0.1, 0.15) is 0 Å². The number of hydrogen-bond donors (Lipinski definition) is 1. The van der Waals surface area contributed by atoms with Crippen molar-refractivity contribution in [3.05, 3.63) is 48.2 Å². The first-order chi connectivity index (χ1) is 9.42. The van der Waals surface area contributed by atoms with Crippen molar-refractivity contribution in [3.63, 3.8) is 0 Å². The van der Waals surface area contributed by atoms with Crippen molar-refractivity contribution in [2.24, 2.45) is 0 Å². The second-order valence-electron chi connectivity index (χ2n) is 4.15. The topological polar surface area (TPSA) is 41.6 Å². The Morgan fingerprint density at radius 2 is 1.95 bits per heavy atom. The molecule has 0 bridgehead atoms. The summed E-state index contributed by atoms with van der Waals surface area (Å²) in [7, 11) is 0. The summed E-state index contributed by atoms with van der Waals surface area (Å²) in [5.41, 5.74) is 3.34. The quantitative estimate of drug-likeness (QED) is 0.592. The maximum atomic E-state index is 4.19. The van der Waals surface area contributed by atoms with E-state index >= 15 is 0 Å². The van der Waals surface area contributed by atoms with Gasteiger partial charge in [0.05, 0.1) is 16.8 Å². The highest BCUT2D eigenvalue weighted by atomic mass is 32.1. The number of thiophene rings is 2. The highest BCUT2D eigenvalue weighted by Gasteiger charge is 2.12. The summed E-state index contributed by atoms with van der Waals surface area (Å²) in [5, 5.41) is 9.44. The number of rotatable bonds is 2. The molecular weight excluding hydrogens is 274 g/mol. The van der Waals surface area contributed by atoms with Crippen LogP contribution in [0, 0.1) is 0 Å². The van der Waals surface area contributed by atoms with Crippen LogP contribution >= 0.6 is 22.7 Å². The molecule has 0 spiro atoms. The molecule has 4 rings (SSSR count). The number of pyridine rings is 1. The molecule has 19 heavy (non-hydrogen) atoms. The molecule has 3 nitrogen and oxygen atoms in total. The Bertz CT molecular complexity index is 798. The number of H-pyrrole nitrogens is 1. The fraction of sp³-hybridized carbons (Fsp3) is 0. The summed E-state index contributed by atoms with van der Waals surface area (Å²) < 4.78 is 2.66. The van der Waals surface area contributed by atoms with E-state index in [2.05, 4.69) is 32.7 Å². The van der Waals surface area contributed by atoms with Crippen LogP contribution in [0.15, 0.2) is 48.2 Å². The van der Waals surface area contributed by atoms with E-state index in [0.717, 1.165) is 16.8 Å². The van der Waals surface area contributed by atoms with Crippen molar-refractivity contribution in [1.82, 2.24) is 15.2 Å². The van der Waals surface area contributed by atoms with Crippen molar-refractivity contribution in [3.8, 4) is 21.7 Å². The lowest BCUT2D eigenvalue weighted by atomic mass is 10.1. The summed E-state index contributed by atoms with van der Waals surface area (Å²) in [6, 6.07) is 8.40. The maximum absolute atomic E-state index is 4.19. The van der Waals surface area contributed by atoms with Crippen LogP contribution in [0.2, 0.25) is 0 Å². The average molecular weight is 283 g/mol. The number of aromatic amines is 1. The van der Waals surface area contributed by atoms with Crippen LogP contribution in [0.5, 0.6) is 0 Å². The summed E-state index contributed by atoms with van der Waals surface area (Å²) in [4.78, 5) is 5.29. The Labute approximate surface area is 117 Å². The lowest BCUT2D eigenvalue weighted by Gasteiger charge is -2.00. The van der Waals surface area contributed by atoms with Gasteiger partial charge in [-0.25, -0.2) is 0 Å². The maximum Gasteiger partial charge on any atom is 0.0829 e. The molecule has 0 aliphatic carbocycles. The molecule has 1 N–H and O–H groups in total. The Kier molecular flexibility index (Phi) is 2.46. The third kappa shape index (κ3) is 1.78. The predicted molar refractivity (Wildman–Crippen MR) is 80.5 cm³/mol. The van der Waals surface area contributed by atoms with Gasteiger partial charge in [0.15, 0.2) is 0 Å². The van der Waals surface area contributed by atoms with Crippen LogP contribution in [0.25, 0.3) is 31.1 Å². The third-order valence-electron chi connectivity index (χ3n) is 3.02. The van der Waals surface area contributed by atoms with Crippen LogP contribution in [0.1, 0.15) is 0 Å². The van der Waals surface area contributed by atoms with E-state index in [0.29, 0.717) is 0 Å². The molecule has 0 aromatic carbocycles. The Morgan fingerprint density at radius 3 is 2.79 bits per heavy atom. The number of nitrogens with one attached hydrogen (secondary N) is 1. The van der Waals surface area contributed by atoms with E-state index in [9.17, 15) is 0 Å². The zero-order chi connectivity index (χ0) is 12.7. The van der Waals surface area contributed by atoms with Crippen molar-refractivity contribution >= 4 is 32.1 Å². The van der Waals surface area contributed by atoms with Crippen molar-refractivity contribution < 1.29 is 0 Å². The lowest BCUT2D eigenvalue weighted by molar-refractivity contribution is 1.10. The standard InChI is InChI=1S/C14H9N3S2/c1-4-15-5-2-9(1)10-8-16-17-14(10)13-7-12-11(19-13)3-6-18-12/h1-8H,(H,16,17). The Morgan fingerprint density at radius 1 is 1.05 bits per heavy atom. The zero-order valence-electron chi connectivity index (χ0n) is 9.83. The van der Waals surface area contributed by atoms with E-state index in [1.165, 1.54) is 14.3 Å². The lowest BCUT2D eigenvalue weighted by Crippen LogP contribution is -1.79. The van der Waals surface area contributed by atoms with Crippen LogP contribution in [0.4, 0.5) is 0 Å². The summed E-state index contributed by atoms with van der Waals surface area (Å²) in [5.74, 6) is 0. The van der Waals surface area contributed by atoms with Crippen LogP contribution in [-0.2, 0) is 0 Å². The number of fused-ring (bicyclic) bond motifs is 1. The molecule has 0 atom stereocenters. The monoisotopic (exact) mass is 283 g/mol. The molecule has 0 aliphatic rings. The fourth-order valence-electron chi connectivity index (χ4n) is 2.11. The van der Waals surface area contributed by atoms with Gasteiger partial charge < -0.3 is 0 Å². The molecule has 0 aliphatic heterocycles. The van der Waals surface area contributed by atoms with Gasteiger partial charge in [0.2, 0.25) is 0 Å². The second-order valence-corrected chi connectivity index (χ2v) is 6.19. The van der Waals surface area contributed by atoms with Gasteiger partial charge in [-0.2, -0.15) is 5.10 Å². The molecule has 0 unspecified atom stereocenters. The fourth-order valence-corrected chi connectivity index (χ4v) is 4.23. The van der Waals surface area contributed by atoms with Gasteiger partial charge in [-0.15, -0.1) is 22.7 Å². The molecule has 0 amide bonds. The molecule has 4 aromatic rings. The molecule has 0 saturated heterocycles. The molecule has 4 aromatic heterocycles. The normalized spacial score (nSPS) is 11.2. The Balaban J connectivity index is 1.89. The van der Waals surface area contributed by atoms with Gasteiger partial charge in [-0.1, -0.05) is 0 Å². The summed E-state index contributed by atoms with van der Waals surface area (Å²) in [6.07, 6.45) is 5.48. The largest absolute Gasteiger partial charge is 0.276 e. The van der Waals surface area contributed by atoms with Crippen LogP contribution in [-0.4, -0.2) is 15.2 Å². The minimum atomic E-state index is 1.08. The number of nitrogens with zero attached hydrogens (tertiary/aromatic N) is 2. The van der Waals surface area contributed by atoms with Gasteiger partial charge in [-0.3, -0.25) is 10.1 Å². The van der Waals surface area contributed by atoms with Crippen molar-refractivity contribution in [1.29, 1.82) is 0 Å². The van der Waals surface area contributed by atoms with Crippen LogP contribution in [0.3, 0.4) is 0 Å². The molecule has 0 fully saturated rings. The first kappa shape index (κ1) is 10.9. The van der Waals surface area contributed by atoms with Crippen molar-refractivity contribution in [2.45, 2.75) is 0 Å². The average Bonchev–Trinajstić information content (AvgIpc) is 3.14. The Hall–Kier alpha value is -1.98. The summed E-state index contributed by atoms with van der Waals surface area (Å²) in [6.45, 7) is 0. The van der Waals surface area contributed by atoms with E-state index in [-0.39, 0.29) is 0 Å². The first-order valence-electron chi connectivity index (χ1n) is 5.83. The van der Waals surface area contributed by atoms with Crippen LogP contribution < -0.4 is 0 Å².